The van der Waals surface area contributed by atoms with E-state index in [-0.39, 0.29) is 30.2 Å². The van der Waals surface area contributed by atoms with Crippen molar-refractivity contribution in [1.82, 2.24) is 10.2 Å². The van der Waals surface area contributed by atoms with Crippen LogP contribution < -0.4 is 5.32 Å². The number of carbonyl (C=O) groups excluding carboxylic acids is 2. The number of nitrogens with zero attached hydrogens (tertiary/aromatic N) is 1. The Kier molecular flexibility index (Phi) is 5.79. The molecule has 104 valence electrons. The highest BCUT2D eigenvalue weighted by Gasteiger charge is 2.30. The Morgan fingerprint density at radius 2 is 2.11 bits per heavy atom. The summed E-state index contributed by atoms with van der Waals surface area (Å²) < 4.78 is 0. The average molecular weight is 254 g/mol. The number of hydrogen-bond donors (Lipinski definition) is 1. The van der Waals surface area contributed by atoms with Gasteiger partial charge in [0, 0.05) is 18.5 Å². The first kappa shape index (κ1) is 15.2. The van der Waals surface area contributed by atoms with Crippen LogP contribution in [-0.2, 0) is 9.59 Å². The van der Waals surface area contributed by atoms with Gasteiger partial charge in [-0.25, -0.2) is 0 Å². The predicted molar refractivity (Wildman–Crippen MR) is 72.3 cm³/mol. The van der Waals surface area contributed by atoms with Crippen LogP contribution >= 0.6 is 0 Å². The van der Waals surface area contributed by atoms with Gasteiger partial charge in [0.05, 0.1) is 12.6 Å². The SMILES string of the molecule is CCC(C)N[C@@H]1CCCN(CC(=O)C(C)C)C1=O. The molecular formula is C14H26N2O2. The number of rotatable bonds is 6. The van der Waals surface area contributed by atoms with Gasteiger partial charge in [-0.05, 0) is 26.2 Å². The molecule has 0 aromatic carbocycles. The average Bonchev–Trinajstić information content (AvgIpc) is 2.33. The Balaban J connectivity index is 2.55. The predicted octanol–water partition coefficient (Wildman–Crippen LogP) is 1.59. The summed E-state index contributed by atoms with van der Waals surface area (Å²) in [6.07, 6.45) is 2.87. The van der Waals surface area contributed by atoms with Gasteiger partial charge >= 0.3 is 0 Å². The summed E-state index contributed by atoms with van der Waals surface area (Å²) in [5.74, 6) is 0.240. The van der Waals surface area contributed by atoms with Crippen molar-refractivity contribution >= 4 is 11.7 Å². The monoisotopic (exact) mass is 254 g/mol. The molecule has 0 aromatic heterocycles. The summed E-state index contributed by atoms with van der Waals surface area (Å²) in [4.78, 5) is 25.7. The van der Waals surface area contributed by atoms with Crippen LogP contribution in [-0.4, -0.2) is 41.8 Å². The van der Waals surface area contributed by atoms with Crippen LogP contribution in [0.25, 0.3) is 0 Å². The third kappa shape index (κ3) is 4.09. The molecule has 0 aliphatic carbocycles. The molecule has 0 radical (unpaired) electrons. The molecule has 18 heavy (non-hydrogen) atoms. The van der Waals surface area contributed by atoms with E-state index in [1.54, 1.807) is 4.90 Å². The van der Waals surface area contributed by atoms with Gasteiger partial charge in [0.1, 0.15) is 0 Å². The molecular weight excluding hydrogens is 228 g/mol. The van der Waals surface area contributed by atoms with Crippen LogP contribution in [0.2, 0.25) is 0 Å². The molecule has 1 N–H and O–H groups in total. The third-order valence-electron chi connectivity index (χ3n) is 3.62. The topological polar surface area (TPSA) is 49.4 Å². The highest BCUT2D eigenvalue weighted by molar-refractivity contribution is 5.89. The van der Waals surface area contributed by atoms with Gasteiger partial charge < -0.3 is 10.2 Å². The van der Waals surface area contributed by atoms with Crippen molar-refractivity contribution < 1.29 is 9.59 Å². The Bertz CT molecular complexity index is 302. The number of amides is 1. The standard InChI is InChI=1S/C14H26N2O2/c1-5-11(4)15-12-7-6-8-16(14(12)18)9-13(17)10(2)3/h10-12,15H,5-9H2,1-4H3/t11?,12-/m1/s1. The van der Waals surface area contributed by atoms with Crippen molar-refractivity contribution in [2.45, 2.75) is 59.0 Å². The maximum Gasteiger partial charge on any atom is 0.240 e. The second-order valence-corrected chi connectivity index (χ2v) is 5.55. The summed E-state index contributed by atoms with van der Waals surface area (Å²) in [7, 11) is 0. The van der Waals surface area contributed by atoms with Gasteiger partial charge in [0.2, 0.25) is 5.91 Å². The molecule has 1 saturated heterocycles. The minimum Gasteiger partial charge on any atom is -0.334 e. The molecule has 0 bridgehead atoms. The lowest BCUT2D eigenvalue weighted by molar-refractivity contribution is -0.140. The summed E-state index contributed by atoms with van der Waals surface area (Å²) in [6.45, 7) is 8.94. The van der Waals surface area contributed by atoms with Gasteiger partial charge in [0.15, 0.2) is 5.78 Å². The first-order valence-corrected chi connectivity index (χ1v) is 7.03. The van der Waals surface area contributed by atoms with Crippen LogP contribution in [0.3, 0.4) is 0 Å². The molecule has 0 saturated carbocycles. The first-order chi connectivity index (χ1) is 8.45. The minimum absolute atomic E-state index is 0.000649. The van der Waals surface area contributed by atoms with E-state index >= 15 is 0 Å². The van der Waals surface area contributed by atoms with E-state index in [9.17, 15) is 9.59 Å². The number of likely N-dealkylation sites (tertiary alicyclic amines) is 1. The maximum atomic E-state index is 12.2. The molecule has 1 heterocycles. The van der Waals surface area contributed by atoms with Gasteiger partial charge in [-0.3, -0.25) is 9.59 Å². The third-order valence-corrected chi connectivity index (χ3v) is 3.62. The lowest BCUT2D eigenvalue weighted by Gasteiger charge is -2.34. The molecule has 0 aromatic rings. The molecule has 1 rings (SSSR count). The molecule has 1 unspecified atom stereocenters. The number of carbonyl (C=O) groups is 2. The Hall–Kier alpha value is -0.900. The largest absolute Gasteiger partial charge is 0.334 e. The van der Waals surface area contributed by atoms with E-state index in [1.165, 1.54) is 0 Å². The van der Waals surface area contributed by atoms with Gasteiger partial charge in [0.25, 0.3) is 0 Å². The van der Waals surface area contributed by atoms with Gasteiger partial charge in [-0.15, -0.1) is 0 Å². The molecule has 1 amide bonds. The highest BCUT2D eigenvalue weighted by Crippen LogP contribution is 2.13. The van der Waals surface area contributed by atoms with Crippen molar-refractivity contribution in [2.24, 2.45) is 5.92 Å². The smallest absolute Gasteiger partial charge is 0.240 e. The number of piperidine rings is 1. The van der Waals surface area contributed by atoms with Gasteiger partial charge in [-0.2, -0.15) is 0 Å². The number of nitrogens with one attached hydrogen (secondary N) is 1. The fourth-order valence-electron chi connectivity index (χ4n) is 2.08. The van der Waals surface area contributed by atoms with E-state index in [2.05, 4.69) is 19.2 Å². The van der Waals surface area contributed by atoms with E-state index in [4.69, 9.17) is 0 Å². The lowest BCUT2D eigenvalue weighted by Crippen LogP contribution is -2.54. The normalized spacial score (nSPS) is 22.4. The fraction of sp³-hybridized carbons (Fsp3) is 0.857. The van der Waals surface area contributed by atoms with E-state index in [0.717, 1.165) is 25.8 Å². The minimum atomic E-state index is -0.103. The summed E-state index contributed by atoms with van der Waals surface area (Å²) in [5.41, 5.74) is 0. The number of hydrogen-bond acceptors (Lipinski definition) is 3. The molecule has 4 heteroatoms. The van der Waals surface area contributed by atoms with E-state index in [1.807, 2.05) is 13.8 Å². The van der Waals surface area contributed by atoms with Crippen molar-refractivity contribution in [3.8, 4) is 0 Å². The summed E-state index contributed by atoms with van der Waals surface area (Å²) in [5, 5.41) is 3.35. The van der Waals surface area contributed by atoms with Gasteiger partial charge in [-0.1, -0.05) is 20.8 Å². The van der Waals surface area contributed by atoms with Crippen LogP contribution in [0.15, 0.2) is 0 Å². The Labute approximate surface area is 110 Å². The fourth-order valence-corrected chi connectivity index (χ4v) is 2.08. The first-order valence-electron chi connectivity index (χ1n) is 7.03. The van der Waals surface area contributed by atoms with Crippen LogP contribution in [0, 0.1) is 5.92 Å². The highest BCUT2D eigenvalue weighted by atomic mass is 16.2. The zero-order chi connectivity index (χ0) is 13.7. The lowest BCUT2D eigenvalue weighted by atomic mass is 10.0. The van der Waals surface area contributed by atoms with Crippen molar-refractivity contribution in [2.75, 3.05) is 13.1 Å². The van der Waals surface area contributed by atoms with Crippen molar-refractivity contribution in [1.29, 1.82) is 0 Å². The molecule has 2 atom stereocenters. The van der Waals surface area contributed by atoms with Crippen LogP contribution in [0.1, 0.15) is 47.0 Å². The van der Waals surface area contributed by atoms with Crippen LogP contribution in [0.5, 0.6) is 0 Å². The Morgan fingerprint density at radius 3 is 2.67 bits per heavy atom. The quantitative estimate of drug-likeness (QED) is 0.783. The second kappa shape index (κ2) is 6.88. The van der Waals surface area contributed by atoms with Crippen LogP contribution in [0.4, 0.5) is 0 Å². The van der Waals surface area contributed by atoms with Crippen molar-refractivity contribution in [3.05, 3.63) is 0 Å². The number of ketones is 1. The molecule has 4 nitrogen and oxygen atoms in total. The summed E-state index contributed by atoms with van der Waals surface area (Å²) >= 11 is 0. The van der Waals surface area contributed by atoms with Crippen molar-refractivity contribution in [3.63, 3.8) is 0 Å². The number of Topliss-reactive ketones (excluding diaryl/α,β-unsaturated/α-hetero) is 1. The second-order valence-electron chi connectivity index (χ2n) is 5.55. The zero-order valence-electron chi connectivity index (χ0n) is 12.0. The zero-order valence-corrected chi connectivity index (χ0v) is 12.0. The Morgan fingerprint density at radius 1 is 1.44 bits per heavy atom. The summed E-state index contributed by atoms with van der Waals surface area (Å²) in [6, 6.07) is 0.244. The maximum absolute atomic E-state index is 12.2. The van der Waals surface area contributed by atoms with E-state index in [0.29, 0.717) is 6.04 Å². The van der Waals surface area contributed by atoms with E-state index < -0.39 is 0 Å². The molecule has 1 aliphatic heterocycles. The molecule has 0 spiro atoms. The molecule has 1 aliphatic rings. The molecule has 1 fully saturated rings.